The summed E-state index contributed by atoms with van der Waals surface area (Å²) >= 11 is 0. The van der Waals surface area contributed by atoms with Gasteiger partial charge in [0.05, 0.1) is 14.2 Å². The maximum absolute atomic E-state index is 5.62. The fourth-order valence-corrected chi connectivity index (χ4v) is 4.34. The Kier molecular flexibility index (Phi) is 5.51. The van der Waals surface area contributed by atoms with Gasteiger partial charge in [-0.25, -0.2) is 0 Å². The van der Waals surface area contributed by atoms with Crippen molar-refractivity contribution in [3.8, 4) is 11.5 Å². The fourth-order valence-electron chi connectivity index (χ4n) is 2.83. The summed E-state index contributed by atoms with van der Waals surface area (Å²) in [5.74, 6) is 1.83. The minimum absolute atomic E-state index is 0.194. The number of ether oxygens (including phenoxy) is 2. The largest absolute Gasteiger partial charge is 0.496 e. The Morgan fingerprint density at radius 3 is 1.58 bits per heavy atom. The first-order chi connectivity index (χ1) is 11.8. The molecule has 3 aromatic rings. The molecular formula is C21H21O2P. The van der Waals surface area contributed by atoms with E-state index in [1.807, 2.05) is 24.3 Å². The summed E-state index contributed by atoms with van der Waals surface area (Å²) < 4.78 is 11.2. The van der Waals surface area contributed by atoms with E-state index in [0.717, 1.165) is 11.5 Å². The van der Waals surface area contributed by atoms with Crippen LogP contribution >= 0.6 is 8.58 Å². The summed E-state index contributed by atoms with van der Waals surface area (Å²) in [4.78, 5) is 0. The molecular weight excluding hydrogens is 315 g/mol. The highest BCUT2D eigenvalue weighted by Crippen LogP contribution is 2.46. The van der Waals surface area contributed by atoms with E-state index in [1.54, 1.807) is 14.2 Å². The maximum Gasteiger partial charge on any atom is 0.123 e. The quantitative estimate of drug-likeness (QED) is 0.602. The maximum atomic E-state index is 5.62. The Morgan fingerprint density at radius 1 is 0.625 bits per heavy atom. The second kappa shape index (κ2) is 7.99. The van der Waals surface area contributed by atoms with Gasteiger partial charge >= 0.3 is 0 Å². The van der Waals surface area contributed by atoms with Crippen molar-refractivity contribution in [1.82, 2.24) is 0 Å². The van der Waals surface area contributed by atoms with Gasteiger partial charge in [-0.05, 0) is 17.4 Å². The second-order valence-corrected chi connectivity index (χ2v) is 6.87. The predicted molar refractivity (Wildman–Crippen MR) is 102 cm³/mol. The van der Waals surface area contributed by atoms with Gasteiger partial charge in [-0.15, -0.1) is 0 Å². The molecule has 0 aliphatic rings. The van der Waals surface area contributed by atoms with E-state index in [-0.39, 0.29) is 5.66 Å². The van der Waals surface area contributed by atoms with Gasteiger partial charge in [0.1, 0.15) is 11.5 Å². The summed E-state index contributed by atoms with van der Waals surface area (Å²) in [7, 11) is 4.04. The highest BCUT2D eigenvalue weighted by atomic mass is 31.1. The van der Waals surface area contributed by atoms with Crippen LogP contribution in [0, 0.1) is 0 Å². The first kappa shape index (κ1) is 16.5. The zero-order valence-corrected chi connectivity index (χ0v) is 14.9. The highest BCUT2D eigenvalue weighted by molar-refractivity contribution is 7.47. The molecule has 0 spiro atoms. The first-order valence-corrected chi connectivity index (χ1v) is 8.98. The summed E-state index contributed by atoms with van der Waals surface area (Å²) in [6.45, 7) is 0. The van der Waals surface area contributed by atoms with Gasteiger partial charge in [-0.2, -0.15) is 0 Å². The molecule has 0 radical (unpaired) electrons. The van der Waals surface area contributed by atoms with Crippen LogP contribution in [-0.4, -0.2) is 14.2 Å². The van der Waals surface area contributed by atoms with Crippen molar-refractivity contribution >= 4 is 13.9 Å². The molecule has 0 N–H and O–H groups in total. The van der Waals surface area contributed by atoms with Gasteiger partial charge in [0.15, 0.2) is 0 Å². The molecule has 0 amide bonds. The summed E-state index contributed by atoms with van der Waals surface area (Å²) in [6.07, 6.45) is 0. The van der Waals surface area contributed by atoms with Crippen molar-refractivity contribution in [1.29, 1.82) is 0 Å². The summed E-state index contributed by atoms with van der Waals surface area (Å²) in [5, 5.41) is 1.32. The number of para-hydroxylation sites is 2. The van der Waals surface area contributed by atoms with Crippen LogP contribution in [0.3, 0.4) is 0 Å². The lowest BCUT2D eigenvalue weighted by atomic mass is 10.0. The average Bonchev–Trinajstić information content (AvgIpc) is 2.67. The lowest BCUT2D eigenvalue weighted by molar-refractivity contribution is 0.405. The molecule has 122 valence electrons. The van der Waals surface area contributed by atoms with Crippen molar-refractivity contribution < 1.29 is 9.47 Å². The minimum atomic E-state index is 0.194. The van der Waals surface area contributed by atoms with E-state index in [0.29, 0.717) is 8.58 Å². The molecule has 0 bridgehead atoms. The molecule has 0 aromatic heterocycles. The third kappa shape index (κ3) is 3.60. The number of hydrogen-bond donors (Lipinski definition) is 0. The molecule has 1 atom stereocenters. The first-order valence-electron chi connectivity index (χ1n) is 7.91. The van der Waals surface area contributed by atoms with E-state index in [4.69, 9.17) is 9.47 Å². The number of benzene rings is 3. The topological polar surface area (TPSA) is 18.5 Å². The monoisotopic (exact) mass is 336 g/mol. The lowest BCUT2D eigenvalue weighted by Crippen LogP contribution is -2.05. The highest BCUT2D eigenvalue weighted by Gasteiger charge is 2.21. The Bertz CT molecular complexity index is 739. The molecule has 1 unspecified atom stereocenters. The van der Waals surface area contributed by atoms with E-state index >= 15 is 0 Å². The third-order valence-corrected chi connectivity index (χ3v) is 5.56. The van der Waals surface area contributed by atoms with E-state index in [9.17, 15) is 0 Å². The Labute approximate surface area is 145 Å². The van der Waals surface area contributed by atoms with Gasteiger partial charge in [0, 0.05) is 16.8 Å². The summed E-state index contributed by atoms with van der Waals surface area (Å²) in [5.41, 5.74) is 2.57. The SMILES string of the molecule is COc1ccccc1C(Pc1ccccc1)c1ccccc1OC. The van der Waals surface area contributed by atoms with Crippen molar-refractivity contribution in [2.75, 3.05) is 14.2 Å². The smallest absolute Gasteiger partial charge is 0.123 e. The van der Waals surface area contributed by atoms with Crippen LogP contribution in [0.4, 0.5) is 0 Å². The molecule has 0 heterocycles. The van der Waals surface area contributed by atoms with Gasteiger partial charge in [-0.1, -0.05) is 75.3 Å². The Hall–Kier alpha value is -2.31. The van der Waals surface area contributed by atoms with Gasteiger partial charge in [-0.3, -0.25) is 0 Å². The third-order valence-electron chi connectivity index (χ3n) is 3.98. The fraction of sp³-hybridized carbons (Fsp3) is 0.143. The van der Waals surface area contributed by atoms with Crippen molar-refractivity contribution in [2.45, 2.75) is 5.66 Å². The molecule has 3 heteroatoms. The molecule has 0 saturated heterocycles. The standard InChI is InChI=1S/C21H21O2P/c1-22-19-14-8-6-12-17(19)21(24-16-10-4-3-5-11-16)18-13-7-9-15-20(18)23-2/h3-15,21,24H,1-2H3. The molecule has 0 aliphatic heterocycles. The lowest BCUT2D eigenvalue weighted by Gasteiger charge is -2.22. The number of methoxy groups -OCH3 is 2. The van der Waals surface area contributed by atoms with Gasteiger partial charge in [0.25, 0.3) is 0 Å². The van der Waals surface area contributed by atoms with Crippen molar-refractivity contribution in [2.24, 2.45) is 0 Å². The minimum Gasteiger partial charge on any atom is -0.496 e. The zero-order chi connectivity index (χ0) is 16.8. The molecule has 24 heavy (non-hydrogen) atoms. The average molecular weight is 336 g/mol. The molecule has 2 nitrogen and oxygen atoms in total. The van der Waals surface area contributed by atoms with E-state index in [2.05, 4.69) is 54.6 Å². The van der Waals surface area contributed by atoms with Crippen LogP contribution < -0.4 is 14.8 Å². The molecule has 0 fully saturated rings. The number of hydrogen-bond acceptors (Lipinski definition) is 2. The van der Waals surface area contributed by atoms with Crippen LogP contribution in [-0.2, 0) is 0 Å². The normalized spacial score (nSPS) is 11.1. The van der Waals surface area contributed by atoms with Crippen molar-refractivity contribution in [3.63, 3.8) is 0 Å². The van der Waals surface area contributed by atoms with E-state index < -0.39 is 0 Å². The van der Waals surface area contributed by atoms with Crippen LogP contribution in [0.25, 0.3) is 0 Å². The Balaban J connectivity index is 2.10. The van der Waals surface area contributed by atoms with Crippen LogP contribution in [0.5, 0.6) is 11.5 Å². The Morgan fingerprint density at radius 2 is 1.08 bits per heavy atom. The van der Waals surface area contributed by atoms with Gasteiger partial charge in [0.2, 0.25) is 0 Å². The van der Waals surface area contributed by atoms with E-state index in [1.165, 1.54) is 16.4 Å². The second-order valence-electron chi connectivity index (χ2n) is 5.43. The van der Waals surface area contributed by atoms with Crippen LogP contribution in [0.15, 0.2) is 78.9 Å². The van der Waals surface area contributed by atoms with Gasteiger partial charge < -0.3 is 9.47 Å². The number of rotatable bonds is 6. The van der Waals surface area contributed by atoms with Crippen LogP contribution in [0.2, 0.25) is 0 Å². The molecule has 3 aromatic carbocycles. The molecule has 0 aliphatic carbocycles. The zero-order valence-electron chi connectivity index (χ0n) is 13.9. The molecule has 3 rings (SSSR count). The molecule has 0 saturated carbocycles. The summed E-state index contributed by atoms with van der Waals surface area (Å²) in [6, 6.07) is 27.1. The predicted octanol–water partition coefficient (Wildman–Crippen LogP) is 4.80. The van der Waals surface area contributed by atoms with Crippen LogP contribution in [0.1, 0.15) is 16.8 Å². The van der Waals surface area contributed by atoms with Crippen molar-refractivity contribution in [3.05, 3.63) is 90.0 Å².